The summed E-state index contributed by atoms with van der Waals surface area (Å²) in [5.74, 6) is -0.0296. The molecule has 1 aromatic heterocycles. The molecule has 0 bridgehead atoms. The maximum Gasteiger partial charge on any atom is 0.232 e. The third-order valence-electron chi connectivity index (χ3n) is 2.92. The second kappa shape index (κ2) is 6.01. The Bertz CT molecular complexity index is 728. The second-order valence-corrected chi connectivity index (χ2v) is 6.53. The number of carbonyl (C=O) groups is 1. The monoisotopic (exact) mass is 305 g/mol. The number of benzene rings is 1. The van der Waals surface area contributed by atoms with E-state index in [4.69, 9.17) is 0 Å². The molecule has 0 aliphatic heterocycles. The number of hydrogen-bond donors (Lipinski definition) is 0. The highest BCUT2D eigenvalue weighted by Crippen LogP contribution is 2.18. The van der Waals surface area contributed by atoms with Crippen LogP contribution in [-0.2, 0) is 16.6 Å². The minimum Gasteiger partial charge on any atom is -0.295 e. The molecule has 7 heteroatoms. The van der Waals surface area contributed by atoms with Gasteiger partial charge in [-0.1, -0.05) is 24.3 Å². The summed E-state index contributed by atoms with van der Waals surface area (Å²) in [5, 5.41) is 0. The minimum absolute atomic E-state index is 0.0296. The van der Waals surface area contributed by atoms with Crippen LogP contribution in [-0.4, -0.2) is 30.4 Å². The first kappa shape index (κ1) is 15.1. The van der Waals surface area contributed by atoms with E-state index in [0.717, 1.165) is 11.8 Å². The average Bonchev–Trinajstić information content (AvgIpc) is 2.45. The van der Waals surface area contributed by atoms with Crippen LogP contribution in [0.5, 0.6) is 0 Å². The van der Waals surface area contributed by atoms with Gasteiger partial charge in [-0.05, 0) is 12.5 Å². The maximum atomic E-state index is 11.9. The molecule has 21 heavy (non-hydrogen) atoms. The molecule has 0 aliphatic rings. The van der Waals surface area contributed by atoms with Gasteiger partial charge in [-0.3, -0.25) is 9.10 Å². The van der Waals surface area contributed by atoms with Gasteiger partial charge in [0.15, 0.2) is 5.78 Å². The van der Waals surface area contributed by atoms with Crippen LogP contribution in [0.4, 0.5) is 5.69 Å². The molecule has 0 unspecified atom stereocenters. The number of carbonyl (C=O) groups excluding carboxylic acids is 1. The SMILES string of the molecule is CC(=O)c1ccc(CN(c2cncnc2)S(C)(=O)=O)cc1. The lowest BCUT2D eigenvalue weighted by Gasteiger charge is -2.21. The highest BCUT2D eigenvalue weighted by molar-refractivity contribution is 7.92. The normalized spacial score (nSPS) is 11.1. The van der Waals surface area contributed by atoms with Gasteiger partial charge in [0.05, 0.1) is 30.9 Å². The highest BCUT2D eigenvalue weighted by Gasteiger charge is 2.18. The van der Waals surface area contributed by atoms with Gasteiger partial charge in [-0.25, -0.2) is 18.4 Å². The van der Waals surface area contributed by atoms with Crippen molar-refractivity contribution >= 4 is 21.5 Å². The smallest absolute Gasteiger partial charge is 0.232 e. The molecular formula is C14H15N3O3S. The van der Waals surface area contributed by atoms with E-state index in [9.17, 15) is 13.2 Å². The predicted molar refractivity (Wildman–Crippen MR) is 79.5 cm³/mol. The molecule has 0 atom stereocenters. The van der Waals surface area contributed by atoms with Crippen molar-refractivity contribution in [3.05, 3.63) is 54.1 Å². The Hall–Kier alpha value is -2.28. The van der Waals surface area contributed by atoms with Gasteiger partial charge in [0.2, 0.25) is 10.0 Å². The third kappa shape index (κ3) is 3.85. The van der Waals surface area contributed by atoms with Crippen LogP contribution in [0.25, 0.3) is 0 Å². The molecule has 0 saturated heterocycles. The van der Waals surface area contributed by atoms with Crippen LogP contribution in [0.15, 0.2) is 43.0 Å². The molecule has 6 nitrogen and oxygen atoms in total. The van der Waals surface area contributed by atoms with E-state index in [1.807, 2.05) is 0 Å². The van der Waals surface area contributed by atoms with E-state index in [-0.39, 0.29) is 12.3 Å². The van der Waals surface area contributed by atoms with Crippen LogP contribution >= 0.6 is 0 Å². The Morgan fingerprint density at radius 3 is 2.19 bits per heavy atom. The lowest BCUT2D eigenvalue weighted by Crippen LogP contribution is -2.29. The molecule has 0 saturated carbocycles. The molecule has 2 aromatic rings. The number of rotatable bonds is 5. The van der Waals surface area contributed by atoms with E-state index in [0.29, 0.717) is 11.3 Å². The number of nitrogens with zero attached hydrogens (tertiary/aromatic N) is 3. The highest BCUT2D eigenvalue weighted by atomic mass is 32.2. The second-order valence-electron chi connectivity index (χ2n) is 4.62. The summed E-state index contributed by atoms with van der Waals surface area (Å²) in [6, 6.07) is 6.83. The number of hydrogen-bond acceptors (Lipinski definition) is 5. The number of ketones is 1. The molecule has 0 amide bonds. The molecule has 0 fully saturated rings. The van der Waals surface area contributed by atoms with E-state index in [1.54, 1.807) is 24.3 Å². The lowest BCUT2D eigenvalue weighted by molar-refractivity contribution is 0.101. The summed E-state index contributed by atoms with van der Waals surface area (Å²) in [4.78, 5) is 18.9. The van der Waals surface area contributed by atoms with Crippen molar-refractivity contribution in [3.63, 3.8) is 0 Å². The Balaban J connectivity index is 2.30. The van der Waals surface area contributed by atoms with Crippen LogP contribution < -0.4 is 4.31 Å². The average molecular weight is 305 g/mol. The molecule has 1 aromatic carbocycles. The zero-order valence-electron chi connectivity index (χ0n) is 11.7. The number of anilines is 1. The van der Waals surface area contributed by atoms with Crippen LogP contribution in [0, 0.1) is 0 Å². The molecule has 0 radical (unpaired) electrons. The third-order valence-corrected chi connectivity index (χ3v) is 4.06. The van der Waals surface area contributed by atoms with Gasteiger partial charge in [-0.2, -0.15) is 0 Å². The van der Waals surface area contributed by atoms with Crippen molar-refractivity contribution in [2.24, 2.45) is 0 Å². The van der Waals surface area contributed by atoms with E-state index in [1.165, 1.54) is 29.9 Å². The van der Waals surface area contributed by atoms with E-state index >= 15 is 0 Å². The van der Waals surface area contributed by atoms with Crippen LogP contribution in [0.2, 0.25) is 0 Å². The molecule has 0 aliphatic carbocycles. The van der Waals surface area contributed by atoms with Gasteiger partial charge < -0.3 is 0 Å². The fourth-order valence-corrected chi connectivity index (χ4v) is 2.69. The first-order valence-corrected chi connectivity index (χ1v) is 8.05. The van der Waals surface area contributed by atoms with E-state index in [2.05, 4.69) is 9.97 Å². The standard InChI is InChI=1S/C14H15N3O3S/c1-11(18)13-5-3-12(4-6-13)9-17(21(2,19)20)14-7-15-10-16-8-14/h3-8,10H,9H2,1-2H3. The zero-order chi connectivity index (χ0) is 15.5. The van der Waals surface area contributed by atoms with Crippen molar-refractivity contribution in [2.45, 2.75) is 13.5 Å². The molecule has 0 spiro atoms. The Morgan fingerprint density at radius 2 is 1.71 bits per heavy atom. The van der Waals surface area contributed by atoms with Crippen LogP contribution in [0.1, 0.15) is 22.8 Å². The van der Waals surface area contributed by atoms with Gasteiger partial charge in [0.25, 0.3) is 0 Å². The molecule has 2 rings (SSSR count). The molecule has 0 N–H and O–H groups in total. The zero-order valence-corrected chi connectivity index (χ0v) is 12.5. The largest absolute Gasteiger partial charge is 0.295 e. The van der Waals surface area contributed by atoms with Crippen molar-refractivity contribution in [2.75, 3.05) is 10.6 Å². The first-order chi connectivity index (χ1) is 9.88. The van der Waals surface area contributed by atoms with Gasteiger partial charge >= 0.3 is 0 Å². The number of Topliss-reactive ketones (excluding diaryl/α,β-unsaturated/α-hetero) is 1. The summed E-state index contributed by atoms with van der Waals surface area (Å²) in [6.07, 6.45) is 5.35. The summed E-state index contributed by atoms with van der Waals surface area (Å²) >= 11 is 0. The molecule has 1 heterocycles. The Labute approximate surface area is 123 Å². The number of aromatic nitrogens is 2. The van der Waals surface area contributed by atoms with Crippen molar-refractivity contribution in [1.82, 2.24) is 9.97 Å². The topological polar surface area (TPSA) is 80.2 Å². The summed E-state index contributed by atoms with van der Waals surface area (Å²) in [5.41, 5.74) is 1.76. The minimum atomic E-state index is -3.46. The lowest BCUT2D eigenvalue weighted by atomic mass is 10.1. The first-order valence-electron chi connectivity index (χ1n) is 6.20. The van der Waals surface area contributed by atoms with Crippen molar-refractivity contribution in [1.29, 1.82) is 0 Å². The van der Waals surface area contributed by atoms with Gasteiger partial charge in [0, 0.05) is 5.56 Å². The summed E-state index contributed by atoms with van der Waals surface area (Å²) in [7, 11) is -3.46. The van der Waals surface area contributed by atoms with Crippen molar-refractivity contribution < 1.29 is 13.2 Å². The molecule has 110 valence electrons. The Morgan fingerprint density at radius 1 is 1.14 bits per heavy atom. The quantitative estimate of drug-likeness (QED) is 0.785. The van der Waals surface area contributed by atoms with Gasteiger partial charge in [-0.15, -0.1) is 0 Å². The predicted octanol–water partition coefficient (Wildman–Crippen LogP) is 1.65. The summed E-state index contributed by atoms with van der Waals surface area (Å²) < 4.78 is 25.1. The fourth-order valence-electron chi connectivity index (χ4n) is 1.83. The fraction of sp³-hybridized carbons (Fsp3) is 0.214. The molecular weight excluding hydrogens is 290 g/mol. The van der Waals surface area contributed by atoms with Crippen molar-refractivity contribution in [3.8, 4) is 0 Å². The van der Waals surface area contributed by atoms with Crippen LogP contribution in [0.3, 0.4) is 0 Å². The maximum absolute atomic E-state index is 11.9. The van der Waals surface area contributed by atoms with E-state index < -0.39 is 10.0 Å². The number of sulfonamides is 1. The van der Waals surface area contributed by atoms with Gasteiger partial charge in [0.1, 0.15) is 6.33 Å². The summed E-state index contributed by atoms with van der Waals surface area (Å²) in [6.45, 7) is 1.64. The Kier molecular flexibility index (Phi) is 4.32.